The minimum absolute atomic E-state index is 0.101. The second kappa shape index (κ2) is 5.59. The van der Waals surface area contributed by atoms with Gasteiger partial charge in [0.05, 0.1) is 23.5 Å². The second-order valence-corrected chi connectivity index (χ2v) is 5.45. The molecule has 1 aliphatic rings. The fraction of sp³-hybridized carbons (Fsp3) is 0.500. The second-order valence-electron chi connectivity index (χ2n) is 5.45. The summed E-state index contributed by atoms with van der Waals surface area (Å²) in [7, 11) is 0. The molecule has 0 radical (unpaired) electrons. The number of aliphatic hydroxyl groups is 1. The molecule has 1 heterocycles. The van der Waals surface area contributed by atoms with Crippen molar-refractivity contribution in [3.8, 4) is 0 Å². The number of anilines is 2. The maximum absolute atomic E-state index is 12.0. The van der Waals surface area contributed by atoms with Gasteiger partial charge in [0.1, 0.15) is 0 Å². The Hall–Kier alpha value is -1.59. The number of nitrogen functional groups attached to an aromatic ring is 1. The zero-order chi connectivity index (χ0) is 13.9. The van der Waals surface area contributed by atoms with Crippen LogP contribution >= 0.6 is 0 Å². The third-order valence-electron chi connectivity index (χ3n) is 3.36. The van der Waals surface area contributed by atoms with Crippen molar-refractivity contribution in [3.63, 3.8) is 0 Å². The highest BCUT2D eigenvalue weighted by atomic mass is 16.3. The number of amides is 1. The molecule has 0 spiro atoms. The van der Waals surface area contributed by atoms with Crippen molar-refractivity contribution < 1.29 is 9.90 Å². The Kier molecular flexibility index (Phi) is 4.07. The number of hydrogen-bond donors (Lipinski definition) is 3. The predicted molar refractivity (Wildman–Crippen MR) is 75.8 cm³/mol. The number of carbonyl (C=O) groups is 1. The molecular formula is C14H21N3O2. The van der Waals surface area contributed by atoms with Gasteiger partial charge in [-0.1, -0.05) is 12.1 Å². The molecule has 104 valence electrons. The van der Waals surface area contributed by atoms with Crippen LogP contribution in [0.3, 0.4) is 0 Å². The third-order valence-corrected chi connectivity index (χ3v) is 3.36. The first-order chi connectivity index (χ1) is 8.96. The Labute approximate surface area is 113 Å². The number of para-hydroxylation sites is 2. The van der Waals surface area contributed by atoms with Crippen molar-refractivity contribution in [1.82, 2.24) is 4.90 Å². The summed E-state index contributed by atoms with van der Waals surface area (Å²) in [5.74, 6) is -0.101. The number of β-amino-alcohol motifs (C(OH)–C–C–N with tert-alkyl or cyclic N) is 1. The standard InChI is InChI=1S/C14H21N3O2/c1-14(19)7-4-8-17(10-14)9-13(18)16-12-6-3-2-5-11(12)15/h2-3,5-6,19H,4,7-10,15H2,1H3,(H,16,18). The van der Waals surface area contributed by atoms with Crippen LogP contribution in [-0.2, 0) is 4.79 Å². The molecule has 1 fully saturated rings. The van der Waals surface area contributed by atoms with Crippen LogP contribution in [-0.4, -0.2) is 41.1 Å². The van der Waals surface area contributed by atoms with Crippen molar-refractivity contribution in [2.45, 2.75) is 25.4 Å². The summed E-state index contributed by atoms with van der Waals surface area (Å²) in [5, 5.41) is 12.8. The van der Waals surface area contributed by atoms with Gasteiger partial charge in [0.15, 0.2) is 0 Å². The lowest BCUT2D eigenvalue weighted by Crippen LogP contribution is -2.48. The average Bonchev–Trinajstić information content (AvgIpc) is 2.30. The topological polar surface area (TPSA) is 78.6 Å². The first kappa shape index (κ1) is 13.8. The lowest BCUT2D eigenvalue weighted by molar-refractivity contribution is -0.118. The lowest BCUT2D eigenvalue weighted by atomic mass is 9.95. The highest BCUT2D eigenvalue weighted by molar-refractivity contribution is 5.95. The smallest absolute Gasteiger partial charge is 0.238 e. The molecule has 0 aromatic heterocycles. The molecule has 0 saturated carbocycles. The average molecular weight is 263 g/mol. The van der Waals surface area contributed by atoms with Gasteiger partial charge in [-0.05, 0) is 38.4 Å². The molecule has 1 saturated heterocycles. The molecule has 1 atom stereocenters. The molecule has 4 N–H and O–H groups in total. The molecule has 5 heteroatoms. The van der Waals surface area contributed by atoms with E-state index in [1.54, 1.807) is 12.1 Å². The Morgan fingerprint density at radius 3 is 2.95 bits per heavy atom. The van der Waals surface area contributed by atoms with E-state index in [9.17, 15) is 9.90 Å². The largest absolute Gasteiger partial charge is 0.397 e. The van der Waals surface area contributed by atoms with Crippen molar-refractivity contribution in [2.24, 2.45) is 0 Å². The van der Waals surface area contributed by atoms with Gasteiger partial charge >= 0.3 is 0 Å². The molecule has 5 nitrogen and oxygen atoms in total. The van der Waals surface area contributed by atoms with Gasteiger partial charge in [0.25, 0.3) is 0 Å². The van der Waals surface area contributed by atoms with Crippen LogP contribution in [0.4, 0.5) is 11.4 Å². The number of hydrogen-bond acceptors (Lipinski definition) is 4. The molecule has 1 aliphatic heterocycles. The maximum atomic E-state index is 12.0. The first-order valence-electron chi connectivity index (χ1n) is 6.55. The van der Waals surface area contributed by atoms with Crippen LogP contribution < -0.4 is 11.1 Å². The van der Waals surface area contributed by atoms with Crippen LogP contribution in [0.25, 0.3) is 0 Å². The molecule has 19 heavy (non-hydrogen) atoms. The summed E-state index contributed by atoms with van der Waals surface area (Å²) in [6.45, 7) is 3.47. The molecule has 1 aromatic carbocycles. The van der Waals surface area contributed by atoms with Crippen LogP contribution in [0, 0.1) is 0 Å². The van der Waals surface area contributed by atoms with Gasteiger partial charge in [-0.3, -0.25) is 9.69 Å². The minimum Gasteiger partial charge on any atom is -0.397 e. The van der Waals surface area contributed by atoms with Crippen molar-refractivity contribution in [3.05, 3.63) is 24.3 Å². The predicted octanol–water partition coefficient (Wildman–Crippen LogP) is 1.05. The highest BCUT2D eigenvalue weighted by Gasteiger charge is 2.29. The van der Waals surface area contributed by atoms with Crippen molar-refractivity contribution >= 4 is 17.3 Å². The van der Waals surface area contributed by atoms with E-state index in [0.29, 0.717) is 17.9 Å². The molecule has 0 bridgehead atoms. The van der Waals surface area contributed by atoms with E-state index in [2.05, 4.69) is 5.32 Å². The summed E-state index contributed by atoms with van der Waals surface area (Å²) in [4.78, 5) is 13.9. The number of nitrogens with two attached hydrogens (primary N) is 1. The monoisotopic (exact) mass is 263 g/mol. The molecule has 1 amide bonds. The SMILES string of the molecule is CC1(O)CCCN(CC(=O)Nc2ccccc2N)C1. The zero-order valence-corrected chi connectivity index (χ0v) is 11.2. The van der Waals surface area contributed by atoms with Crippen molar-refractivity contribution in [2.75, 3.05) is 30.7 Å². The zero-order valence-electron chi connectivity index (χ0n) is 11.2. The molecule has 1 aromatic rings. The number of rotatable bonds is 3. The van der Waals surface area contributed by atoms with E-state index in [1.165, 1.54) is 0 Å². The van der Waals surface area contributed by atoms with Gasteiger partial charge in [-0.2, -0.15) is 0 Å². The van der Waals surface area contributed by atoms with E-state index in [-0.39, 0.29) is 12.5 Å². The number of carbonyl (C=O) groups excluding carboxylic acids is 1. The molecule has 1 unspecified atom stereocenters. The summed E-state index contributed by atoms with van der Waals surface area (Å²) in [5.41, 5.74) is 6.28. The van der Waals surface area contributed by atoms with E-state index < -0.39 is 5.60 Å². The van der Waals surface area contributed by atoms with E-state index in [4.69, 9.17) is 5.73 Å². The van der Waals surface area contributed by atoms with Gasteiger partial charge in [-0.15, -0.1) is 0 Å². The number of benzene rings is 1. The summed E-state index contributed by atoms with van der Waals surface area (Å²) in [6, 6.07) is 7.19. The lowest BCUT2D eigenvalue weighted by Gasteiger charge is -2.36. The number of nitrogens with one attached hydrogen (secondary N) is 1. The van der Waals surface area contributed by atoms with E-state index in [0.717, 1.165) is 19.4 Å². The van der Waals surface area contributed by atoms with Crippen LogP contribution in [0.2, 0.25) is 0 Å². The first-order valence-corrected chi connectivity index (χ1v) is 6.55. The highest BCUT2D eigenvalue weighted by Crippen LogP contribution is 2.20. The fourth-order valence-electron chi connectivity index (χ4n) is 2.46. The van der Waals surface area contributed by atoms with Crippen LogP contribution in [0.1, 0.15) is 19.8 Å². The summed E-state index contributed by atoms with van der Waals surface area (Å²) >= 11 is 0. The fourth-order valence-corrected chi connectivity index (χ4v) is 2.46. The summed E-state index contributed by atoms with van der Waals surface area (Å²) in [6.07, 6.45) is 1.70. The quantitative estimate of drug-likeness (QED) is 0.712. The number of piperidine rings is 1. The Bertz CT molecular complexity index is 460. The summed E-state index contributed by atoms with van der Waals surface area (Å²) < 4.78 is 0. The Balaban J connectivity index is 1.90. The normalized spacial score (nSPS) is 24.1. The minimum atomic E-state index is -0.690. The van der Waals surface area contributed by atoms with Gasteiger partial charge < -0.3 is 16.2 Å². The van der Waals surface area contributed by atoms with Gasteiger partial charge in [0.2, 0.25) is 5.91 Å². The van der Waals surface area contributed by atoms with Crippen LogP contribution in [0.15, 0.2) is 24.3 Å². The Morgan fingerprint density at radius 2 is 2.26 bits per heavy atom. The maximum Gasteiger partial charge on any atom is 0.238 e. The molecule has 0 aliphatic carbocycles. The van der Waals surface area contributed by atoms with E-state index >= 15 is 0 Å². The number of nitrogens with zero attached hydrogens (tertiary/aromatic N) is 1. The Morgan fingerprint density at radius 1 is 1.53 bits per heavy atom. The number of likely N-dealkylation sites (tertiary alicyclic amines) is 1. The van der Waals surface area contributed by atoms with Gasteiger partial charge in [-0.25, -0.2) is 0 Å². The van der Waals surface area contributed by atoms with E-state index in [1.807, 2.05) is 24.0 Å². The van der Waals surface area contributed by atoms with Crippen molar-refractivity contribution in [1.29, 1.82) is 0 Å². The molecule has 2 rings (SSSR count). The third kappa shape index (κ3) is 3.94. The van der Waals surface area contributed by atoms with Crippen LogP contribution in [0.5, 0.6) is 0 Å². The van der Waals surface area contributed by atoms with Gasteiger partial charge in [0, 0.05) is 6.54 Å². The molecular weight excluding hydrogens is 242 g/mol.